The Bertz CT molecular complexity index is 936. The normalized spacial score (nSPS) is 17.1. The third kappa shape index (κ3) is 3.74. The number of carbonyl (C=O) groups is 1. The summed E-state index contributed by atoms with van der Waals surface area (Å²) >= 11 is 0. The molecule has 0 saturated carbocycles. The average molecular weight is 368 g/mol. The first-order chi connectivity index (χ1) is 13.1. The predicted octanol–water partition coefficient (Wildman–Crippen LogP) is 4.64. The van der Waals surface area contributed by atoms with Gasteiger partial charge in [0, 0.05) is 36.2 Å². The molecule has 4 nitrogen and oxygen atoms in total. The van der Waals surface area contributed by atoms with Crippen LogP contribution in [-0.2, 0) is 0 Å². The maximum Gasteiger partial charge on any atom is 0.253 e. The lowest BCUT2D eigenvalue weighted by Crippen LogP contribution is -2.39. The lowest BCUT2D eigenvalue weighted by atomic mass is 9.94. The molecule has 0 unspecified atom stereocenters. The van der Waals surface area contributed by atoms with Crippen molar-refractivity contribution in [3.63, 3.8) is 0 Å². The average Bonchev–Trinajstić information content (AvgIpc) is 3.19. The number of piperidine rings is 1. The maximum atomic E-state index is 13.1. The summed E-state index contributed by atoms with van der Waals surface area (Å²) in [5.74, 6) is -0.130. The van der Waals surface area contributed by atoms with Crippen LogP contribution in [0.1, 0.15) is 34.8 Å². The Labute approximate surface area is 155 Å². The van der Waals surface area contributed by atoms with Gasteiger partial charge in [-0.05, 0) is 61.4 Å². The summed E-state index contributed by atoms with van der Waals surface area (Å²) in [7, 11) is 0. The van der Waals surface area contributed by atoms with Crippen molar-refractivity contribution in [3.05, 3.63) is 77.5 Å². The molecule has 0 bridgehead atoms. The summed E-state index contributed by atoms with van der Waals surface area (Å²) in [6.07, 6.45) is 1.76. The van der Waals surface area contributed by atoms with E-state index in [4.69, 9.17) is 4.52 Å². The van der Waals surface area contributed by atoms with E-state index in [1.54, 1.807) is 17.0 Å². The Balaban J connectivity index is 1.49. The Morgan fingerprint density at radius 1 is 1.04 bits per heavy atom. The van der Waals surface area contributed by atoms with E-state index in [9.17, 15) is 13.6 Å². The Hall–Kier alpha value is -3.02. The zero-order valence-corrected chi connectivity index (χ0v) is 14.6. The second-order valence-corrected chi connectivity index (χ2v) is 6.72. The fourth-order valence-corrected chi connectivity index (χ4v) is 3.41. The SMILES string of the molecule is O=C(c1ccc(F)cc1)N1CCC[C@H](c2cc(-c3ccc(F)cc3)on2)C1. The van der Waals surface area contributed by atoms with Crippen molar-refractivity contribution >= 4 is 5.91 Å². The molecule has 2 heterocycles. The summed E-state index contributed by atoms with van der Waals surface area (Å²) in [5.41, 5.74) is 2.01. The van der Waals surface area contributed by atoms with Crippen LogP contribution in [0.15, 0.2) is 59.1 Å². The fourth-order valence-electron chi connectivity index (χ4n) is 3.41. The molecule has 1 aromatic heterocycles. The molecule has 3 aromatic rings. The molecule has 1 aliphatic heterocycles. The first-order valence-electron chi connectivity index (χ1n) is 8.87. The van der Waals surface area contributed by atoms with E-state index in [1.807, 2.05) is 6.07 Å². The van der Waals surface area contributed by atoms with Crippen LogP contribution in [0.4, 0.5) is 8.78 Å². The highest BCUT2D eigenvalue weighted by Gasteiger charge is 2.27. The number of benzene rings is 2. The number of hydrogen-bond acceptors (Lipinski definition) is 3. The van der Waals surface area contributed by atoms with Gasteiger partial charge < -0.3 is 9.42 Å². The summed E-state index contributed by atoms with van der Waals surface area (Å²) in [6.45, 7) is 1.20. The van der Waals surface area contributed by atoms with Crippen LogP contribution < -0.4 is 0 Å². The fraction of sp³-hybridized carbons (Fsp3) is 0.238. The van der Waals surface area contributed by atoms with Crippen LogP contribution >= 0.6 is 0 Å². The van der Waals surface area contributed by atoms with E-state index in [-0.39, 0.29) is 23.5 Å². The van der Waals surface area contributed by atoms with E-state index >= 15 is 0 Å². The molecule has 0 N–H and O–H groups in total. The van der Waals surface area contributed by atoms with Gasteiger partial charge in [-0.25, -0.2) is 8.78 Å². The van der Waals surface area contributed by atoms with Crippen LogP contribution in [0.2, 0.25) is 0 Å². The van der Waals surface area contributed by atoms with E-state index in [0.29, 0.717) is 24.4 Å². The van der Waals surface area contributed by atoms with Crippen molar-refractivity contribution in [3.8, 4) is 11.3 Å². The minimum Gasteiger partial charge on any atom is -0.356 e. The number of nitrogens with zero attached hydrogens (tertiary/aromatic N) is 2. The molecule has 138 valence electrons. The molecule has 1 aliphatic rings. The van der Waals surface area contributed by atoms with Crippen molar-refractivity contribution in [1.82, 2.24) is 10.1 Å². The lowest BCUT2D eigenvalue weighted by Gasteiger charge is -2.31. The molecule has 6 heteroatoms. The Morgan fingerprint density at radius 2 is 1.70 bits per heavy atom. The van der Waals surface area contributed by atoms with Crippen LogP contribution in [-0.4, -0.2) is 29.1 Å². The largest absolute Gasteiger partial charge is 0.356 e. The standard InChI is InChI=1S/C21H18F2N2O2/c22-17-7-3-14(4-8-17)20-12-19(24-27-20)16-2-1-11-25(13-16)21(26)15-5-9-18(23)10-6-15/h3-10,12,16H,1-2,11,13H2/t16-/m0/s1. The van der Waals surface area contributed by atoms with Crippen LogP contribution in [0.25, 0.3) is 11.3 Å². The van der Waals surface area contributed by atoms with Gasteiger partial charge in [-0.15, -0.1) is 0 Å². The summed E-state index contributed by atoms with van der Waals surface area (Å²) in [4.78, 5) is 14.4. The zero-order valence-electron chi connectivity index (χ0n) is 14.6. The van der Waals surface area contributed by atoms with Crippen LogP contribution in [0, 0.1) is 11.6 Å². The van der Waals surface area contributed by atoms with Gasteiger partial charge in [-0.3, -0.25) is 4.79 Å². The second kappa shape index (κ2) is 7.31. The zero-order chi connectivity index (χ0) is 18.8. The molecule has 2 aromatic carbocycles. The molecule has 0 aliphatic carbocycles. The maximum absolute atomic E-state index is 13.1. The van der Waals surface area contributed by atoms with E-state index in [2.05, 4.69) is 5.16 Å². The van der Waals surface area contributed by atoms with Gasteiger partial charge in [0.05, 0.1) is 5.69 Å². The van der Waals surface area contributed by atoms with Crippen LogP contribution in [0.5, 0.6) is 0 Å². The molecule has 4 rings (SSSR count). The topological polar surface area (TPSA) is 46.3 Å². The van der Waals surface area contributed by atoms with Crippen LogP contribution in [0.3, 0.4) is 0 Å². The quantitative estimate of drug-likeness (QED) is 0.677. The molecule has 0 spiro atoms. The minimum atomic E-state index is -0.362. The monoisotopic (exact) mass is 368 g/mol. The van der Waals surface area contributed by atoms with Gasteiger partial charge in [-0.1, -0.05) is 5.16 Å². The van der Waals surface area contributed by atoms with Crippen molar-refractivity contribution in [2.75, 3.05) is 13.1 Å². The number of halogens is 2. The van der Waals surface area contributed by atoms with E-state index in [0.717, 1.165) is 24.1 Å². The van der Waals surface area contributed by atoms with Gasteiger partial charge in [0.15, 0.2) is 5.76 Å². The van der Waals surface area contributed by atoms with Gasteiger partial charge in [0.25, 0.3) is 5.91 Å². The predicted molar refractivity (Wildman–Crippen MR) is 96.2 cm³/mol. The van der Waals surface area contributed by atoms with Crippen molar-refractivity contribution in [2.24, 2.45) is 0 Å². The highest BCUT2D eigenvalue weighted by Crippen LogP contribution is 2.30. The van der Waals surface area contributed by atoms with E-state index < -0.39 is 0 Å². The molecule has 0 radical (unpaired) electrons. The Kier molecular flexibility index (Phi) is 4.71. The van der Waals surface area contributed by atoms with E-state index in [1.165, 1.54) is 36.4 Å². The van der Waals surface area contributed by atoms with Gasteiger partial charge >= 0.3 is 0 Å². The highest BCUT2D eigenvalue weighted by molar-refractivity contribution is 5.94. The second-order valence-electron chi connectivity index (χ2n) is 6.72. The number of aromatic nitrogens is 1. The van der Waals surface area contributed by atoms with Gasteiger partial charge in [-0.2, -0.15) is 0 Å². The minimum absolute atomic E-state index is 0.0705. The third-order valence-corrected chi connectivity index (χ3v) is 4.88. The molecular weight excluding hydrogens is 350 g/mol. The highest BCUT2D eigenvalue weighted by atomic mass is 19.1. The van der Waals surface area contributed by atoms with Crippen molar-refractivity contribution in [2.45, 2.75) is 18.8 Å². The van der Waals surface area contributed by atoms with Gasteiger partial charge in [0.1, 0.15) is 11.6 Å². The molecule has 1 atom stereocenters. The first-order valence-corrected chi connectivity index (χ1v) is 8.87. The smallest absolute Gasteiger partial charge is 0.253 e. The summed E-state index contributed by atoms with van der Waals surface area (Å²) in [6, 6.07) is 13.5. The van der Waals surface area contributed by atoms with Gasteiger partial charge in [0.2, 0.25) is 0 Å². The molecule has 1 fully saturated rings. The lowest BCUT2D eigenvalue weighted by molar-refractivity contribution is 0.0704. The molecular formula is C21H18F2N2O2. The number of amides is 1. The summed E-state index contributed by atoms with van der Waals surface area (Å²) < 4.78 is 31.6. The number of carbonyl (C=O) groups excluding carboxylic acids is 1. The Morgan fingerprint density at radius 3 is 2.41 bits per heavy atom. The third-order valence-electron chi connectivity index (χ3n) is 4.88. The first kappa shape index (κ1) is 17.4. The molecule has 1 amide bonds. The molecule has 1 saturated heterocycles. The summed E-state index contributed by atoms with van der Waals surface area (Å²) in [5, 5.41) is 4.16. The molecule has 27 heavy (non-hydrogen) atoms. The van der Waals surface area contributed by atoms with Crippen molar-refractivity contribution < 1.29 is 18.1 Å². The van der Waals surface area contributed by atoms with Crippen molar-refractivity contribution in [1.29, 1.82) is 0 Å². The number of rotatable bonds is 3. The number of hydrogen-bond donors (Lipinski definition) is 0. The number of likely N-dealkylation sites (tertiary alicyclic amines) is 1.